The van der Waals surface area contributed by atoms with Gasteiger partial charge in [0.25, 0.3) is 0 Å². The Kier molecular flexibility index (Phi) is 7.08. The minimum atomic E-state index is 0. The summed E-state index contributed by atoms with van der Waals surface area (Å²) < 4.78 is 5.35. The molecule has 1 aromatic rings. The SMILES string of the molecule is Cl.O=C(NCc1ccc(N2CCOCC2)nc1)[C@@H]1CCCNC1. The van der Waals surface area contributed by atoms with Crippen LogP contribution in [0.4, 0.5) is 5.82 Å². The number of hydrogen-bond donors (Lipinski definition) is 2. The van der Waals surface area contributed by atoms with Crippen molar-refractivity contribution in [2.24, 2.45) is 5.92 Å². The lowest BCUT2D eigenvalue weighted by Gasteiger charge is -2.27. The zero-order valence-electron chi connectivity index (χ0n) is 13.3. The molecule has 2 saturated heterocycles. The van der Waals surface area contributed by atoms with Gasteiger partial charge in [0.2, 0.25) is 5.91 Å². The van der Waals surface area contributed by atoms with Crippen LogP contribution in [0.3, 0.4) is 0 Å². The van der Waals surface area contributed by atoms with Crippen LogP contribution in [0.5, 0.6) is 0 Å². The summed E-state index contributed by atoms with van der Waals surface area (Å²) in [6, 6.07) is 4.06. The number of amides is 1. The number of halogens is 1. The molecule has 0 radical (unpaired) electrons. The number of carbonyl (C=O) groups excluding carboxylic acids is 1. The fourth-order valence-corrected chi connectivity index (χ4v) is 2.91. The van der Waals surface area contributed by atoms with Crippen LogP contribution in [0, 0.1) is 5.92 Å². The second-order valence-corrected chi connectivity index (χ2v) is 5.89. The molecule has 3 heterocycles. The van der Waals surface area contributed by atoms with E-state index in [-0.39, 0.29) is 24.2 Å². The standard InChI is InChI=1S/C16H24N4O2.ClH/c21-16(14-2-1-5-17-12-14)19-11-13-3-4-15(18-10-13)20-6-8-22-9-7-20;/h3-4,10,14,17H,1-2,5-9,11-12H2,(H,19,21);1H/t14-;/m1./s1. The van der Waals surface area contributed by atoms with Crippen molar-refractivity contribution in [3.63, 3.8) is 0 Å². The van der Waals surface area contributed by atoms with Crippen molar-refractivity contribution in [1.82, 2.24) is 15.6 Å². The molecule has 2 fully saturated rings. The van der Waals surface area contributed by atoms with Crippen LogP contribution in [0.25, 0.3) is 0 Å². The maximum absolute atomic E-state index is 12.1. The van der Waals surface area contributed by atoms with E-state index in [1.165, 1.54) is 0 Å². The van der Waals surface area contributed by atoms with Crippen molar-refractivity contribution in [3.05, 3.63) is 23.9 Å². The summed E-state index contributed by atoms with van der Waals surface area (Å²) >= 11 is 0. The van der Waals surface area contributed by atoms with Gasteiger partial charge in [-0.05, 0) is 31.0 Å². The van der Waals surface area contributed by atoms with Crippen molar-refractivity contribution in [2.75, 3.05) is 44.3 Å². The summed E-state index contributed by atoms with van der Waals surface area (Å²) in [5.74, 6) is 1.23. The van der Waals surface area contributed by atoms with Gasteiger partial charge < -0.3 is 20.3 Å². The van der Waals surface area contributed by atoms with Crippen LogP contribution in [0.1, 0.15) is 18.4 Å². The third-order valence-electron chi connectivity index (χ3n) is 4.28. The van der Waals surface area contributed by atoms with Crippen molar-refractivity contribution in [2.45, 2.75) is 19.4 Å². The van der Waals surface area contributed by atoms with E-state index in [0.29, 0.717) is 6.54 Å². The minimum Gasteiger partial charge on any atom is -0.378 e. The quantitative estimate of drug-likeness (QED) is 0.854. The molecular formula is C16H25ClN4O2. The third-order valence-corrected chi connectivity index (χ3v) is 4.28. The first-order valence-electron chi connectivity index (χ1n) is 8.09. The summed E-state index contributed by atoms with van der Waals surface area (Å²) in [5.41, 5.74) is 1.04. The van der Waals surface area contributed by atoms with Gasteiger partial charge >= 0.3 is 0 Å². The molecule has 0 aromatic carbocycles. The number of aromatic nitrogens is 1. The molecular weight excluding hydrogens is 316 g/mol. The maximum Gasteiger partial charge on any atom is 0.224 e. The van der Waals surface area contributed by atoms with Crippen LogP contribution in [-0.4, -0.2) is 50.3 Å². The smallest absolute Gasteiger partial charge is 0.224 e. The fraction of sp³-hybridized carbons (Fsp3) is 0.625. The van der Waals surface area contributed by atoms with Crippen molar-refractivity contribution < 1.29 is 9.53 Å². The van der Waals surface area contributed by atoms with Gasteiger partial charge in [-0.25, -0.2) is 4.98 Å². The molecule has 0 saturated carbocycles. The van der Waals surface area contributed by atoms with Gasteiger partial charge in [0.15, 0.2) is 0 Å². The fourth-order valence-electron chi connectivity index (χ4n) is 2.91. The van der Waals surface area contributed by atoms with E-state index in [0.717, 1.165) is 63.6 Å². The molecule has 1 amide bonds. The average molecular weight is 341 g/mol. The van der Waals surface area contributed by atoms with Crippen molar-refractivity contribution >= 4 is 24.1 Å². The zero-order valence-corrected chi connectivity index (χ0v) is 14.1. The largest absolute Gasteiger partial charge is 0.378 e. The summed E-state index contributed by atoms with van der Waals surface area (Å²) in [6.07, 6.45) is 3.91. The molecule has 6 nitrogen and oxygen atoms in total. The third kappa shape index (κ3) is 5.06. The Bertz CT molecular complexity index is 485. The molecule has 3 rings (SSSR count). The molecule has 7 heteroatoms. The first-order chi connectivity index (χ1) is 10.8. The topological polar surface area (TPSA) is 66.5 Å². The van der Waals surface area contributed by atoms with Gasteiger partial charge in [-0.1, -0.05) is 6.07 Å². The van der Waals surface area contributed by atoms with Crippen LogP contribution >= 0.6 is 12.4 Å². The monoisotopic (exact) mass is 340 g/mol. The number of hydrogen-bond acceptors (Lipinski definition) is 5. The van der Waals surface area contributed by atoms with Crippen LogP contribution < -0.4 is 15.5 Å². The lowest BCUT2D eigenvalue weighted by atomic mass is 9.99. The lowest BCUT2D eigenvalue weighted by molar-refractivity contribution is -0.125. The highest BCUT2D eigenvalue weighted by Crippen LogP contribution is 2.14. The summed E-state index contributed by atoms with van der Waals surface area (Å²) in [4.78, 5) is 18.8. The normalized spacial score (nSPS) is 21.4. The Morgan fingerprint density at radius 3 is 2.87 bits per heavy atom. The highest BCUT2D eigenvalue weighted by molar-refractivity contribution is 5.85. The Labute approximate surface area is 143 Å². The molecule has 128 valence electrons. The van der Waals surface area contributed by atoms with Gasteiger partial charge in [-0.15, -0.1) is 12.4 Å². The molecule has 2 aliphatic heterocycles. The van der Waals surface area contributed by atoms with E-state index < -0.39 is 0 Å². The molecule has 2 aliphatic rings. The second-order valence-electron chi connectivity index (χ2n) is 5.89. The minimum absolute atomic E-state index is 0. The van der Waals surface area contributed by atoms with E-state index in [9.17, 15) is 4.79 Å². The number of ether oxygens (including phenoxy) is 1. The predicted octanol–water partition coefficient (Wildman–Crippen LogP) is 0.956. The Hall–Kier alpha value is -1.37. The number of pyridine rings is 1. The van der Waals surface area contributed by atoms with Gasteiger partial charge in [0.1, 0.15) is 5.82 Å². The predicted molar refractivity (Wildman–Crippen MR) is 92.0 cm³/mol. The van der Waals surface area contributed by atoms with Crippen molar-refractivity contribution in [3.8, 4) is 0 Å². The summed E-state index contributed by atoms with van der Waals surface area (Å²) in [7, 11) is 0. The maximum atomic E-state index is 12.1. The second kappa shape index (κ2) is 9.05. The zero-order chi connectivity index (χ0) is 15.2. The lowest BCUT2D eigenvalue weighted by Crippen LogP contribution is -2.40. The van der Waals surface area contributed by atoms with E-state index >= 15 is 0 Å². The van der Waals surface area contributed by atoms with Gasteiger partial charge in [0.05, 0.1) is 19.1 Å². The summed E-state index contributed by atoms with van der Waals surface area (Å²) in [5, 5.41) is 6.28. The molecule has 0 aliphatic carbocycles. The van der Waals surface area contributed by atoms with E-state index in [4.69, 9.17) is 4.74 Å². The number of rotatable bonds is 4. The number of nitrogens with one attached hydrogen (secondary N) is 2. The first-order valence-corrected chi connectivity index (χ1v) is 8.09. The van der Waals surface area contributed by atoms with E-state index in [1.54, 1.807) is 0 Å². The Morgan fingerprint density at radius 1 is 1.39 bits per heavy atom. The Morgan fingerprint density at radius 2 is 2.22 bits per heavy atom. The van der Waals surface area contributed by atoms with Gasteiger partial charge in [-0.2, -0.15) is 0 Å². The molecule has 0 unspecified atom stereocenters. The molecule has 23 heavy (non-hydrogen) atoms. The van der Waals surface area contributed by atoms with Crippen LogP contribution in [-0.2, 0) is 16.1 Å². The highest BCUT2D eigenvalue weighted by Gasteiger charge is 2.20. The number of anilines is 1. The molecule has 1 atom stereocenters. The average Bonchev–Trinajstić information content (AvgIpc) is 2.61. The summed E-state index contributed by atoms with van der Waals surface area (Å²) in [6.45, 7) is 5.65. The number of carbonyl (C=O) groups is 1. The molecule has 2 N–H and O–H groups in total. The number of morpholine rings is 1. The number of nitrogens with zero attached hydrogens (tertiary/aromatic N) is 2. The van der Waals surface area contributed by atoms with E-state index in [1.807, 2.05) is 18.3 Å². The number of piperidine rings is 1. The van der Waals surface area contributed by atoms with Crippen molar-refractivity contribution in [1.29, 1.82) is 0 Å². The molecule has 0 spiro atoms. The first kappa shape index (κ1) is 18.0. The molecule has 0 bridgehead atoms. The molecule has 1 aromatic heterocycles. The Balaban J connectivity index is 0.00000192. The van der Waals surface area contributed by atoms with E-state index in [2.05, 4.69) is 20.5 Å². The van der Waals surface area contributed by atoms with Gasteiger partial charge in [-0.3, -0.25) is 4.79 Å². The van der Waals surface area contributed by atoms with Crippen LogP contribution in [0.15, 0.2) is 18.3 Å². The van der Waals surface area contributed by atoms with Gasteiger partial charge in [0, 0.05) is 32.4 Å². The van der Waals surface area contributed by atoms with Crippen LogP contribution in [0.2, 0.25) is 0 Å². The highest BCUT2D eigenvalue weighted by atomic mass is 35.5.